The molecule has 0 radical (unpaired) electrons. The standard InChI is InChI=1S/C17H28N2O2/c1-4-18-11-15-5-7-16(8-6-15)21-13-17-12-19(14(2)3)9-10-20-17/h5-8,14,17-18H,4,9-13H2,1-3H3. The third-order valence-corrected chi connectivity index (χ3v) is 3.84. The normalized spacial score (nSPS) is 19.9. The molecule has 1 aromatic carbocycles. The highest BCUT2D eigenvalue weighted by molar-refractivity contribution is 5.27. The summed E-state index contributed by atoms with van der Waals surface area (Å²) in [7, 11) is 0. The number of nitrogens with zero attached hydrogens (tertiary/aromatic N) is 1. The highest BCUT2D eigenvalue weighted by Gasteiger charge is 2.22. The maximum absolute atomic E-state index is 5.86. The van der Waals surface area contributed by atoms with Gasteiger partial charge in [0.1, 0.15) is 18.5 Å². The average Bonchev–Trinajstić information content (AvgIpc) is 2.52. The molecule has 0 amide bonds. The molecule has 1 aromatic rings. The van der Waals surface area contributed by atoms with Gasteiger partial charge < -0.3 is 14.8 Å². The zero-order valence-electron chi connectivity index (χ0n) is 13.5. The van der Waals surface area contributed by atoms with Crippen LogP contribution in [-0.4, -0.2) is 49.9 Å². The molecule has 21 heavy (non-hydrogen) atoms. The second-order valence-corrected chi connectivity index (χ2v) is 5.82. The molecule has 1 unspecified atom stereocenters. The third kappa shape index (κ3) is 5.30. The summed E-state index contributed by atoms with van der Waals surface area (Å²) in [6.07, 6.45) is 0.169. The smallest absolute Gasteiger partial charge is 0.119 e. The second kappa shape index (κ2) is 8.37. The van der Waals surface area contributed by atoms with Gasteiger partial charge in [-0.25, -0.2) is 0 Å². The van der Waals surface area contributed by atoms with Gasteiger partial charge in [-0.3, -0.25) is 4.90 Å². The molecule has 1 atom stereocenters. The first-order valence-electron chi connectivity index (χ1n) is 7.97. The fourth-order valence-electron chi connectivity index (χ4n) is 2.47. The lowest BCUT2D eigenvalue weighted by atomic mass is 10.2. The quantitative estimate of drug-likeness (QED) is 0.836. The lowest BCUT2D eigenvalue weighted by molar-refractivity contribution is -0.0564. The van der Waals surface area contributed by atoms with Crippen LogP contribution in [0.15, 0.2) is 24.3 Å². The van der Waals surface area contributed by atoms with E-state index in [9.17, 15) is 0 Å². The van der Waals surface area contributed by atoms with E-state index in [1.807, 2.05) is 12.1 Å². The van der Waals surface area contributed by atoms with Gasteiger partial charge in [0.05, 0.1) is 6.61 Å². The molecule has 4 heteroatoms. The van der Waals surface area contributed by atoms with Gasteiger partial charge in [0.15, 0.2) is 0 Å². The van der Waals surface area contributed by atoms with E-state index in [0.717, 1.165) is 38.5 Å². The van der Waals surface area contributed by atoms with Crippen LogP contribution in [0.5, 0.6) is 5.75 Å². The molecule has 0 aromatic heterocycles. The summed E-state index contributed by atoms with van der Waals surface area (Å²) >= 11 is 0. The van der Waals surface area contributed by atoms with Crippen LogP contribution in [0, 0.1) is 0 Å². The van der Waals surface area contributed by atoms with Crippen LogP contribution in [0.3, 0.4) is 0 Å². The Hall–Kier alpha value is -1.10. The van der Waals surface area contributed by atoms with Gasteiger partial charge in [-0.05, 0) is 38.1 Å². The number of benzene rings is 1. The Morgan fingerprint density at radius 1 is 1.33 bits per heavy atom. The van der Waals surface area contributed by atoms with Gasteiger partial charge >= 0.3 is 0 Å². The molecule has 0 aliphatic carbocycles. The van der Waals surface area contributed by atoms with Crippen LogP contribution < -0.4 is 10.1 Å². The molecule has 118 valence electrons. The molecule has 0 bridgehead atoms. The van der Waals surface area contributed by atoms with Crippen molar-refractivity contribution in [2.45, 2.75) is 39.5 Å². The van der Waals surface area contributed by atoms with Crippen molar-refractivity contribution >= 4 is 0 Å². The summed E-state index contributed by atoms with van der Waals surface area (Å²) in [5, 5.41) is 3.32. The highest BCUT2D eigenvalue weighted by atomic mass is 16.5. The summed E-state index contributed by atoms with van der Waals surface area (Å²) < 4.78 is 11.6. The number of hydrogen-bond donors (Lipinski definition) is 1. The zero-order valence-corrected chi connectivity index (χ0v) is 13.5. The summed E-state index contributed by atoms with van der Waals surface area (Å²) in [6, 6.07) is 8.87. The topological polar surface area (TPSA) is 33.7 Å². The number of ether oxygens (including phenoxy) is 2. The van der Waals surface area contributed by atoms with E-state index in [4.69, 9.17) is 9.47 Å². The fourth-order valence-corrected chi connectivity index (χ4v) is 2.47. The van der Waals surface area contributed by atoms with Crippen molar-refractivity contribution in [3.8, 4) is 5.75 Å². The van der Waals surface area contributed by atoms with Gasteiger partial charge in [-0.1, -0.05) is 19.1 Å². The zero-order chi connectivity index (χ0) is 15.1. The van der Waals surface area contributed by atoms with Crippen LogP contribution in [0.1, 0.15) is 26.3 Å². The fraction of sp³-hybridized carbons (Fsp3) is 0.647. The van der Waals surface area contributed by atoms with E-state index in [2.05, 4.69) is 43.1 Å². The summed E-state index contributed by atoms with van der Waals surface area (Å²) in [5.41, 5.74) is 1.28. The lowest BCUT2D eigenvalue weighted by Gasteiger charge is -2.35. The van der Waals surface area contributed by atoms with E-state index in [0.29, 0.717) is 12.6 Å². The lowest BCUT2D eigenvalue weighted by Crippen LogP contribution is -2.47. The third-order valence-electron chi connectivity index (χ3n) is 3.84. The minimum Gasteiger partial charge on any atom is -0.491 e. The highest BCUT2D eigenvalue weighted by Crippen LogP contribution is 2.14. The predicted octanol–water partition coefficient (Wildman–Crippen LogP) is 2.28. The maximum atomic E-state index is 5.86. The molecule has 1 fully saturated rings. The van der Waals surface area contributed by atoms with Gasteiger partial charge in [0.25, 0.3) is 0 Å². The maximum Gasteiger partial charge on any atom is 0.119 e. The minimum atomic E-state index is 0.169. The summed E-state index contributed by atoms with van der Waals surface area (Å²) in [6.45, 7) is 11.9. The second-order valence-electron chi connectivity index (χ2n) is 5.82. The van der Waals surface area contributed by atoms with Crippen molar-refractivity contribution in [1.29, 1.82) is 0 Å². The minimum absolute atomic E-state index is 0.169. The molecular weight excluding hydrogens is 264 g/mol. The van der Waals surface area contributed by atoms with Gasteiger partial charge in [0.2, 0.25) is 0 Å². The molecule has 2 rings (SSSR count). The number of nitrogens with one attached hydrogen (secondary N) is 1. The first-order valence-corrected chi connectivity index (χ1v) is 7.97. The van der Waals surface area contributed by atoms with E-state index < -0.39 is 0 Å². The molecule has 0 spiro atoms. The first-order chi connectivity index (χ1) is 10.2. The number of hydrogen-bond acceptors (Lipinski definition) is 4. The Morgan fingerprint density at radius 2 is 2.10 bits per heavy atom. The molecule has 1 heterocycles. The van der Waals surface area contributed by atoms with Crippen molar-refractivity contribution in [2.24, 2.45) is 0 Å². The molecule has 1 aliphatic rings. The molecule has 0 saturated carbocycles. The average molecular weight is 292 g/mol. The van der Waals surface area contributed by atoms with Crippen LogP contribution in [-0.2, 0) is 11.3 Å². The summed E-state index contributed by atoms with van der Waals surface area (Å²) in [4.78, 5) is 2.44. The van der Waals surface area contributed by atoms with E-state index in [1.165, 1.54) is 5.56 Å². The van der Waals surface area contributed by atoms with Gasteiger partial charge in [-0.2, -0.15) is 0 Å². The van der Waals surface area contributed by atoms with Crippen LogP contribution in [0.4, 0.5) is 0 Å². The van der Waals surface area contributed by atoms with E-state index in [-0.39, 0.29) is 6.10 Å². The van der Waals surface area contributed by atoms with Crippen LogP contribution >= 0.6 is 0 Å². The monoisotopic (exact) mass is 292 g/mol. The first kappa shape index (κ1) is 16.3. The Balaban J connectivity index is 1.77. The molecular formula is C17H28N2O2. The van der Waals surface area contributed by atoms with Crippen LogP contribution in [0.25, 0.3) is 0 Å². The van der Waals surface area contributed by atoms with Crippen molar-refractivity contribution in [3.63, 3.8) is 0 Å². The summed E-state index contributed by atoms with van der Waals surface area (Å²) in [5.74, 6) is 0.917. The number of morpholine rings is 1. The molecule has 1 saturated heterocycles. The Labute approximate surface area is 128 Å². The van der Waals surface area contributed by atoms with Crippen molar-refractivity contribution < 1.29 is 9.47 Å². The largest absolute Gasteiger partial charge is 0.491 e. The Morgan fingerprint density at radius 3 is 2.76 bits per heavy atom. The molecule has 4 nitrogen and oxygen atoms in total. The van der Waals surface area contributed by atoms with Gasteiger partial charge in [-0.15, -0.1) is 0 Å². The van der Waals surface area contributed by atoms with E-state index >= 15 is 0 Å². The SMILES string of the molecule is CCNCc1ccc(OCC2CN(C(C)C)CCO2)cc1. The van der Waals surface area contributed by atoms with Crippen LogP contribution in [0.2, 0.25) is 0 Å². The molecule has 1 aliphatic heterocycles. The Bertz CT molecular complexity index is 406. The predicted molar refractivity (Wildman–Crippen MR) is 85.8 cm³/mol. The van der Waals surface area contributed by atoms with Gasteiger partial charge in [0, 0.05) is 25.7 Å². The number of rotatable bonds is 7. The van der Waals surface area contributed by atoms with Crippen molar-refractivity contribution in [1.82, 2.24) is 10.2 Å². The van der Waals surface area contributed by atoms with Crippen molar-refractivity contribution in [2.75, 3.05) is 32.8 Å². The van der Waals surface area contributed by atoms with E-state index in [1.54, 1.807) is 0 Å². The Kier molecular flexibility index (Phi) is 6.49. The van der Waals surface area contributed by atoms with Crippen molar-refractivity contribution in [3.05, 3.63) is 29.8 Å². The molecule has 1 N–H and O–H groups in total.